The Morgan fingerprint density at radius 2 is 1.86 bits per heavy atom. The number of nitrogens with zero attached hydrogens (tertiary/aromatic N) is 1. The van der Waals surface area contributed by atoms with Crippen molar-refractivity contribution in [1.29, 1.82) is 0 Å². The summed E-state index contributed by atoms with van der Waals surface area (Å²) < 4.78 is 43.0. The number of rotatable bonds is 3. The van der Waals surface area contributed by atoms with Gasteiger partial charge in [0, 0.05) is 5.38 Å². The maximum absolute atomic E-state index is 14.1. The third kappa shape index (κ3) is 2.66. The molecule has 0 saturated carbocycles. The number of thiol groups is 1. The summed E-state index contributed by atoms with van der Waals surface area (Å²) in [6, 6.07) is 0. The molecule has 1 aromatic heterocycles. The van der Waals surface area contributed by atoms with Crippen molar-refractivity contribution >= 4 is 41.0 Å². The molecule has 22 heavy (non-hydrogen) atoms. The highest BCUT2D eigenvalue weighted by Gasteiger charge is 2.33. The van der Waals surface area contributed by atoms with E-state index in [0.29, 0.717) is 0 Å². The number of aryl methyl sites for hydroxylation is 1. The third-order valence-corrected chi connectivity index (χ3v) is 4.03. The number of hydrogen-bond donors (Lipinski definition) is 3. The number of carboxylic acid groups (broad SMARTS) is 1. The number of nitrogens with one attached hydrogen (secondary N) is 1. The van der Waals surface area contributed by atoms with Crippen molar-refractivity contribution < 1.29 is 32.4 Å². The van der Waals surface area contributed by atoms with Crippen LogP contribution in [-0.2, 0) is 7.05 Å². The van der Waals surface area contributed by atoms with E-state index in [-0.39, 0.29) is 5.13 Å². The zero-order valence-electron chi connectivity index (χ0n) is 10.9. The van der Waals surface area contributed by atoms with Crippen LogP contribution in [0.1, 0.15) is 20.7 Å². The van der Waals surface area contributed by atoms with Gasteiger partial charge in [-0.1, -0.05) is 11.3 Å². The molecule has 0 saturated heterocycles. The van der Waals surface area contributed by atoms with Crippen molar-refractivity contribution in [2.75, 3.05) is 5.32 Å². The number of aromatic nitrogens is 1. The van der Waals surface area contributed by atoms with E-state index in [4.69, 9.17) is 5.11 Å². The number of halogens is 3. The molecule has 0 aliphatic rings. The van der Waals surface area contributed by atoms with E-state index in [2.05, 4.69) is 17.9 Å². The summed E-state index contributed by atoms with van der Waals surface area (Å²) in [5.74, 6) is -8.36. The molecule has 0 atom stereocenters. The number of aromatic carboxylic acids is 1. The molecule has 1 heterocycles. The lowest BCUT2D eigenvalue weighted by molar-refractivity contribution is -0.652. The Morgan fingerprint density at radius 1 is 1.23 bits per heavy atom. The molecule has 1 amide bonds. The number of hydrogen-bond acceptors (Lipinski definition) is 4. The first-order valence-electron chi connectivity index (χ1n) is 5.62. The SMILES string of the molecule is C[n+]1ccsc1NC(=O)c1c(F)c(F)c(S)c(C(=O)O)c1F. The monoisotopic (exact) mass is 349 g/mol. The van der Waals surface area contributed by atoms with E-state index in [1.165, 1.54) is 4.57 Å². The van der Waals surface area contributed by atoms with Gasteiger partial charge in [-0.15, -0.1) is 12.6 Å². The number of carboxylic acids is 1. The average Bonchev–Trinajstić information content (AvgIpc) is 2.81. The van der Waals surface area contributed by atoms with Gasteiger partial charge in [0.2, 0.25) is 0 Å². The van der Waals surface area contributed by atoms with E-state index in [0.717, 1.165) is 11.3 Å². The van der Waals surface area contributed by atoms with Gasteiger partial charge in [0.1, 0.15) is 17.3 Å². The summed E-state index contributed by atoms with van der Waals surface area (Å²) in [6.07, 6.45) is 1.58. The lowest BCUT2D eigenvalue weighted by atomic mass is 10.1. The van der Waals surface area contributed by atoms with E-state index >= 15 is 0 Å². The summed E-state index contributed by atoms with van der Waals surface area (Å²) in [7, 11) is 1.57. The van der Waals surface area contributed by atoms with E-state index in [1.54, 1.807) is 18.6 Å². The lowest BCUT2D eigenvalue weighted by Gasteiger charge is -2.08. The van der Waals surface area contributed by atoms with Crippen molar-refractivity contribution in [2.24, 2.45) is 7.05 Å². The van der Waals surface area contributed by atoms with Gasteiger partial charge in [-0.25, -0.2) is 27.3 Å². The quantitative estimate of drug-likeness (QED) is 0.452. The standard InChI is InChI=1S/C12H7F3N2O3S2/c1-17-2-3-22-12(17)16-10(18)4-6(13)5(11(19)20)9(21)8(15)7(4)14/h2-3H,1H3,(H2,18,19,20,21)/p+1. The highest BCUT2D eigenvalue weighted by molar-refractivity contribution is 7.80. The molecule has 2 rings (SSSR count). The third-order valence-electron chi connectivity index (χ3n) is 2.74. The van der Waals surface area contributed by atoms with Crippen LogP contribution in [0.25, 0.3) is 0 Å². The van der Waals surface area contributed by atoms with Gasteiger partial charge in [-0.05, 0) is 0 Å². The molecule has 0 unspecified atom stereocenters. The Labute approximate surface area is 131 Å². The Morgan fingerprint density at radius 3 is 2.36 bits per heavy atom. The Kier molecular flexibility index (Phi) is 4.42. The van der Waals surface area contributed by atoms with Crippen LogP contribution in [0.2, 0.25) is 0 Å². The maximum Gasteiger partial charge on any atom is 0.345 e. The van der Waals surface area contributed by atoms with Gasteiger partial charge in [-0.2, -0.15) is 5.32 Å². The van der Waals surface area contributed by atoms with Crippen LogP contribution in [0.15, 0.2) is 16.5 Å². The van der Waals surface area contributed by atoms with Crippen molar-refractivity contribution in [1.82, 2.24) is 0 Å². The number of carbonyl (C=O) groups excluding carboxylic acids is 1. The summed E-state index contributed by atoms with van der Waals surface area (Å²) in [4.78, 5) is 21.9. The van der Waals surface area contributed by atoms with Crippen LogP contribution >= 0.6 is 24.0 Å². The first-order valence-corrected chi connectivity index (χ1v) is 6.95. The summed E-state index contributed by atoms with van der Waals surface area (Å²) in [5, 5.41) is 12.9. The summed E-state index contributed by atoms with van der Waals surface area (Å²) in [6.45, 7) is 0. The number of benzene rings is 1. The fourth-order valence-corrected chi connectivity index (χ4v) is 2.70. The van der Waals surface area contributed by atoms with E-state index in [1.807, 2.05) is 0 Å². The number of anilines is 1. The fourth-order valence-electron chi connectivity index (χ4n) is 1.66. The van der Waals surface area contributed by atoms with Crippen molar-refractivity contribution in [2.45, 2.75) is 4.90 Å². The number of thiazole rings is 1. The van der Waals surface area contributed by atoms with Crippen LogP contribution in [-0.4, -0.2) is 17.0 Å². The van der Waals surface area contributed by atoms with Crippen LogP contribution in [0.5, 0.6) is 0 Å². The molecule has 0 aliphatic heterocycles. The van der Waals surface area contributed by atoms with Crippen LogP contribution in [0.4, 0.5) is 18.3 Å². The molecule has 1 aromatic carbocycles. The second kappa shape index (κ2) is 5.97. The predicted octanol–water partition coefficient (Wildman–Crippen LogP) is 2.23. The first kappa shape index (κ1) is 16.3. The van der Waals surface area contributed by atoms with Gasteiger partial charge in [-0.3, -0.25) is 0 Å². The minimum absolute atomic E-state index is 0.232. The highest BCUT2D eigenvalue weighted by atomic mass is 32.1. The zero-order chi connectivity index (χ0) is 16.6. The van der Waals surface area contributed by atoms with Crippen molar-refractivity contribution in [3.8, 4) is 0 Å². The summed E-state index contributed by atoms with van der Waals surface area (Å²) in [5.41, 5.74) is -2.52. The maximum atomic E-state index is 14.1. The van der Waals surface area contributed by atoms with E-state index < -0.39 is 45.4 Å². The lowest BCUT2D eigenvalue weighted by Crippen LogP contribution is -2.31. The zero-order valence-corrected chi connectivity index (χ0v) is 12.6. The highest BCUT2D eigenvalue weighted by Crippen LogP contribution is 2.28. The second-order valence-corrected chi connectivity index (χ2v) is 5.46. The molecular weight excluding hydrogens is 341 g/mol. The van der Waals surface area contributed by atoms with Crippen LogP contribution in [0.3, 0.4) is 0 Å². The van der Waals surface area contributed by atoms with Crippen molar-refractivity contribution in [3.63, 3.8) is 0 Å². The van der Waals surface area contributed by atoms with Gasteiger partial charge in [0.05, 0.1) is 11.9 Å². The smallest absolute Gasteiger partial charge is 0.345 e. The molecule has 2 N–H and O–H groups in total. The Hall–Kier alpha value is -2.07. The molecule has 0 radical (unpaired) electrons. The van der Waals surface area contributed by atoms with Gasteiger partial charge >= 0.3 is 17.0 Å². The van der Waals surface area contributed by atoms with E-state index in [9.17, 15) is 22.8 Å². The molecule has 2 aromatic rings. The topological polar surface area (TPSA) is 70.3 Å². The Balaban J connectivity index is 2.57. The summed E-state index contributed by atoms with van der Waals surface area (Å²) >= 11 is 4.50. The number of carbonyl (C=O) groups is 2. The molecule has 0 bridgehead atoms. The van der Waals surface area contributed by atoms with Crippen molar-refractivity contribution in [3.05, 3.63) is 40.2 Å². The first-order chi connectivity index (χ1) is 10.3. The fraction of sp³-hybridized carbons (Fsp3) is 0.0833. The largest absolute Gasteiger partial charge is 0.478 e. The van der Waals surface area contributed by atoms with Crippen LogP contribution in [0, 0.1) is 17.5 Å². The molecule has 116 valence electrons. The average molecular weight is 349 g/mol. The Bertz CT molecular complexity index is 792. The van der Waals surface area contributed by atoms with Gasteiger partial charge in [0.15, 0.2) is 17.5 Å². The molecule has 0 spiro atoms. The number of amides is 1. The molecular formula is C12H8F3N2O3S2+. The van der Waals surface area contributed by atoms with Crippen LogP contribution < -0.4 is 9.88 Å². The molecule has 0 fully saturated rings. The second-order valence-electron chi connectivity index (χ2n) is 4.12. The van der Waals surface area contributed by atoms with Gasteiger partial charge < -0.3 is 5.11 Å². The minimum Gasteiger partial charge on any atom is -0.478 e. The molecule has 10 heteroatoms. The predicted molar refractivity (Wildman–Crippen MR) is 74.0 cm³/mol. The minimum atomic E-state index is -1.86. The normalized spacial score (nSPS) is 10.6. The van der Waals surface area contributed by atoms with Gasteiger partial charge in [0.25, 0.3) is 0 Å². The molecule has 5 nitrogen and oxygen atoms in total. The molecule has 0 aliphatic carbocycles.